The van der Waals surface area contributed by atoms with Crippen LogP contribution < -0.4 is 4.74 Å². The largest absolute Gasteiger partial charge is 0.490 e. The molecule has 1 aliphatic carbocycles. The van der Waals surface area contributed by atoms with E-state index in [4.69, 9.17) is 16.3 Å². The van der Waals surface area contributed by atoms with E-state index >= 15 is 0 Å². The lowest BCUT2D eigenvalue weighted by atomic mass is 9.86. The molecule has 29 heavy (non-hydrogen) atoms. The highest BCUT2D eigenvalue weighted by molar-refractivity contribution is 6.30. The van der Waals surface area contributed by atoms with Gasteiger partial charge in [0.15, 0.2) is 5.82 Å². The van der Waals surface area contributed by atoms with E-state index in [0.29, 0.717) is 5.92 Å². The standard InChI is InChI=1S/C23H25ClN4O/c1-27-14-17-13-18(24)9-12-21(17)28-22(15-27)25-26-23(28)16-7-10-20(11-8-16)29-19-5-3-2-4-6-19/h2-6,9,12-13,16,20H,7-8,10-11,14-15H2,1H3/t16-,20+. The molecule has 5 rings (SSSR count). The van der Waals surface area contributed by atoms with Crippen molar-refractivity contribution in [2.45, 2.75) is 50.8 Å². The average Bonchev–Trinajstić information content (AvgIpc) is 3.06. The third-order valence-corrected chi connectivity index (χ3v) is 6.21. The van der Waals surface area contributed by atoms with Gasteiger partial charge in [0.2, 0.25) is 0 Å². The Labute approximate surface area is 176 Å². The Morgan fingerprint density at radius 2 is 1.76 bits per heavy atom. The predicted molar refractivity (Wildman–Crippen MR) is 114 cm³/mol. The maximum atomic E-state index is 6.28. The summed E-state index contributed by atoms with van der Waals surface area (Å²) < 4.78 is 8.45. The summed E-state index contributed by atoms with van der Waals surface area (Å²) in [6.07, 6.45) is 4.48. The van der Waals surface area contributed by atoms with E-state index in [1.807, 2.05) is 36.4 Å². The third-order valence-electron chi connectivity index (χ3n) is 5.97. The fourth-order valence-electron chi connectivity index (χ4n) is 4.58. The van der Waals surface area contributed by atoms with E-state index in [9.17, 15) is 0 Å². The van der Waals surface area contributed by atoms with Crippen LogP contribution in [0.2, 0.25) is 5.02 Å². The first-order chi connectivity index (χ1) is 14.2. The van der Waals surface area contributed by atoms with Crippen molar-refractivity contribution in [3.63, 3.8) is 0 Å². The van der Waals surface area contributed by atoms with Crippen LogP contribution in [0.15, 0.2) is 48.5 Å². The molecule has 150 valence electrons. The Morgan fingerprint density at radius 3 is 2.55 bits per heavy atom. The van der Waals surface area contributed by atoms with E-state index in [-0.39, 0.29) is 6.10 Å². The van der Waals surface area contributed by atoms with Gasteiger partial charge >= 0.3 is 0 Å². The van der Waals surface area contributed by atoms with Gasteiger partial charge in [-0.15, -0.1) is 10.2 Å². The van der Waals surface area contributed by atoms with Crippen molar-refractivity contribution in [2.75, 3.05) is 7.05 Å². The number of halogens is 1. The van der Waals surface area contributed by atoms with Gasteiger partial charge in [-0.05, 0) is 68.6 Å². The normalized spacial score (nSPS) is 21.9. The highest BCUT2D eigenvalue weighted by atomic mass is 35.5. The fourth-order valence-corrected chi connectivity index (χ4v) is 4.77. The molecule has 1 aromatic heterocycles. The van der Waals surface area contributed by atoms with Crippen molar-refractivity contribution >= 4 is 11.6 Å². The molecule has 1 saturated carbocycles. The second kappa shape index (κ2) is 7.81. The van der Waals surface area contributed by atoms with Crippen molar-refractivity contribution in [3.05, 3.63) is 70.8 Å². The van der Waals surface area contributed by atoms with Gasteiger partial charge in [0.25, 0.3) is 0 Å². The van der Waals surface area contributed by atoms with Crippen molar-refractivity contribution < 1.29 is 4.74 Å². The first-order valence-corrected chi connectivity index (χ1v) is 10.7. The summed E-state index contributed by atoms with van der Waals surface area (Å²) in [5.74, 6) is 3.45. The Hall–Kier alpha value is -2.37. The molecule has 2 heterocycles. The number of fused-ring (bicyclic) bond motifs is 3. The van der Waals surface area contributed by atoms with Crippen LogP contribution in [0.4, 0.5) is 0 Å². The Kier molecular flexibility index (Phi) is 5.02. The summed E-state index contributed by atoms with van der Waals surface area (Å²) in [5, 5.41) is 9.97. The van der Waals surface area contributed by atoms with Crippen LogP contribution in [0, 0.1) is 0 Å². The van der Waals surface area contributed by atoms with Crippen LogP contribution in [0.3, 0.4) is 0 Å². The second-order valence-corrected chi connectivity index (χ2v) is 8.60. The molecule has 0 spiro atoms. The summed E-state index contributed by atoms with van der Waals surface area (Å²) in [6.45, 7) is 1.64. The molecule has 0 N–H and O–H groups in total. The molecule has 0 amide bonds. The molecule has 0 bridgehead atoms. The molecule has 1 aliphatic heterocycles. The maximum absolute atomic E-state index is 6.28. The minimum absolute atomic E-state index is 0.275. The van der Waals surface area contributed by atoms with Gasteiger partial charge in [-0.3, -0.25) is 9.47 Å². The number of aromatic nitrogens is 3. The van der Waals surface area contributed by atoms with Crippen LogP contribution in [0.25, 0.3) is 5.69 Å². The van der Waals surface area contributed by atoms with Gasteiger partial charge in [-0.1, -0.05) is 29.8 Å². The smallest absolute Gasteiger partial charge is 0.151 e. The zero-order valence-electron chi connectivity index (χ0n) is 16.6. The molecule has 0 radical (unpaired) electrons. The summed E-state index contributed by atoms with van der Waals surface area (Å²) in [6, 6.07) is 16.3. The molecule has 0 saturated heterocycles. The minimum Gasteiger partial charge on any atom is -0.490 e. The van der Waals surface area contributed by atoms with Crippen LogP contribution in [0.1, 0.15) is 48.8 Å². The van der Waals surface area contributed by atoms with Gasteiger partial charge in [-0.2, -0.15) is 0 Å². The molecule has 3 aromatic rings. The van der Waals surface area contributed by atoms with Crippen LogP contribution in [-0.4, -0.2) is 32.8 Å². The number of nitrogens with zero attached hydrogens (tertiary/aromatic N) is 4. The lowest BCUT2D eigenvalue weighted by Crippen LogP contribution is -2.24. The highest BCUT2D eigenvalue weighted by Gasteiger charge is 2.30. The van der Waals surface area contributed by atoms with E-state index in [2.05, 4.69) is 38.8 Å². The monoisotopic (exact) mass is 408 g/mol. The molecule has 0 atom stereocenters. The lowest BCUT2D eigenvalue weighted by Gasteiger charge is -2.29. The third kappa shape index (κ3) is 3.77. The van der Waals surface area contributed by atoms with Crippen molar-refractivity contribution in [1.29, 1.82) is 0 Å². The van der Waals surface area contributed by atoms with Crippen LogP contribution in [-0.2, 0) is 13.1 Å². The molecule has 5 nitrogen and oxygen atoms in total. The van der Waals surface area contributed by atoms with Crippen molar-refractivity contribution in [2.24, 2.45) is 0 Å². The second-order valence-electron chi connectivity index (χ2n) is 8.16. The summed E-state index contributed by atoms with van der Waals surface area (Å²) in [5.41, 5.74) is 2.39. The topological polar surface area (TPSA) is 43.2 Å². The van der Waals surface area contributed by atoms with Gasteiger partial charge in [0.1, 0.15) is 11.6 Å². The van der Waals surface area contributed by atoms with Crippen LogP contribution >= 0.6 is 11.6 Å². The first-order valence-electron chi connectivity index (χ1n) is 10.3. The summed E-state index contributed by atoms with van der Waals surface area (Å²) >= 11 is 6.28. The van der Waals surface area contributed by atoms with Crippen molar-refractivity contribution in [1.82, 2.24) is 19.7 Å². The minimum atomic E-state index is 0.275. The van der Waals surface area contributed by atoms with E-state index < -0.39 is 0 Å². The number of hydrogen-bond acceptors (Lipinski definition) is 4. The molecule has 2 aliphatic rings. The number of benzene rings is 2. The molecular weight excluding hydrogens is 384 g/mol. The number of hydrogen-bond donors (Lipinski definition) is 0. The Morgan fingerprint density at radius 1 is 0.966 bits per heavy atom. The number of para-hydroxylation sites is 1. The molecule has 0 unspecified atom stereocenters. The summed E-state index contributed by atoms with van der Waals surface area (Å²) in [7, 11) is 2.11. The van der Waals surface area contributed by atoms with Gasteiger partial charge in [-0.25, -0.2) is 0 Å². The van der Waals surface area contributed by atoms with Crippen LogP contribution in [0.5, 0.6) is 5.75 Å². The average molecular weight is 409 g/mol. The SMILES string of the molecule is CN1Cc2cc(Cl)ccc2-n2c(nnc2[C@H]2CC[C@@H](Oc3ccccc3)CC2)C1. The van der Waals surface area contributed by atoms with E-state index in [1.54, 1.807) is 0 Å². The quantitative estimate of drug-likeness (QED) is 0.613. The fraction of sp³-hybridized carbons (Fsp3) is 0.391. The first kappa shape index (κ1) is 18.6. The Bertz CT molecular complexity index is 995. The van der Waals surface area contributed by atoms with Crippen molar-refractivity contribution in [3.8, 4) is 11.4 Å². The molecule has 6 heteroatoms. The highest BCUT2D eigenvalue weighted by Crippen LogP contribution is 2.36. The number of rotatable bonds is 3. The van der Waals surface area contributed by atoms with E-state index in [1.165, 1.54) is 5.56 Å². The molecule has 2 aromatic carbocycles. The summed E-state index contributed by atoms with van der Waals surface area (Å²) in [4.78, 5) is 2.26. The Balaban J connectivity index is 1.38. The zero-order valence-corrected chi connectivity index (χ0v) is 17.3. The molecule has 1 fully saturated rings. The predicted octanol–water partition coefficient (Wildman–Crippen LogP) is 4.97. The zero-order chi connectivity index (χ0) is 19.8. The van der Waals surface area contributed by atoms with Gasteiger partial charge < -0.3 is 4.74 Å². The number of ether oxygens (including phenoxy) is 1. The maximum Gasteiger partial charge on any atom is 0.151 e. The van der Waals surface area contributed by atoms with E-state index in [0.717, 1.165) is 66.9 Å². The van der Waals surface area contributed by atoms with Gasteiger partial charge in [0.05, 0.1) is 18.3 Å². The van der Waals surface area contributed by atoms with Gasteiger partial charge in [0, 0.05) is 17.5 Å². The lowest BCUT2D eigenvalue weighted by molar-refractivity contribution is 0.144. The molecular formula is C23H25ClN4O.